The van der Waals surface area contributed by atoms with E-state index in [-0.39, 0.29) is 58.5 Å². The number of imide groups is 1. The maximum Gasteiger partial charge on any atom is 0.252 e. The van der Waals surface area contributed by atoms with Gasteiger partial charge in [0.15, 0.2) is 0 Å². The van der Waals surface area contributed by atoms with Gasteiger partial charge in [-0.25, -0.2) is 0 Å². The monoisotopic (exact) mass is 387 g/mol. The van der Waals surface area contributed by atoms with Crippen LogP contribution in [0.2, 0.25) is 5.02 Å². The van der Waals surface area contributed by atoms with Gasteiger partial charge in [-0.05, 0) is 36.5 Å². The van der Waals surface area contributed by atoms with Crippen molar-refractivity contribution >= 4 is 40.9 Å². The molecule has 4 unspecified atom stereocenters. The van der Waals surface area contributed by atoms with Crippen LogP contribution < -0.4 is 10.6 Å². The van der Waals surface area contributed by atoms with E-state index in [2.05, 4.69) is 10.6 Å². The number of rotatable bonds is 4. The van der Waals surface area contributed by atoms with E-state index in [1.165, 1.54) is 19.2 Å². The molecule has 4 amide bonds. The van der Waals surface area contributed by atoms with Crippen molar-refractivity contribution in [3.63, 3.8) is 0 Å². The maximum absolute atomic E-state index is 12.6. The molecule has 27 heavy (non-hydrogen) atoms. The van der Waals surface area contributed by atoms with Crippen LogP contribution in [0, 0.1) is 23.7 Å². The van der Waals surface area contributed by atoms with Gasteiger partial charge < -0.3 is 10.6 Å². The summed E-state index contributed by atoms with van der Waals surface area (Å²) in [6, 6.07) is 4.51. The van der Waals surface area contributed by atoms with Crippen molar-refractivity contribution in [1.29, 1.82) is 0 Å². The number of carbonyl (C=O) groups is 4. The maximum atomic E-state index is 12.6. The summed E-state index contributed by atoms with van der Waals surface area (Å²) in [6.07, 6.45) is 4.86. The Balaban J connectivity index is 1.46. The van der Waals surface area contributed by atoms with Gasteiger partial charge in [0.25, 0.3) is 5.91 Å². The molecule has 8 heteroatoms. The van der Waals surface area contributed by atoms with E-state index in [1.807, 2.05) is 12.2 Å². The smallest absolute Gasteiger partial charge is 0.252 e. The lowest BCUT2D eigenvalue weighted by molar-refractivity contribution is -0.143. The molecule has 7 nitrogen and oxygen atoms in total. The van der Waals surface area contributed by atoms with Gasteiger partial charge in [-0.1, -0.05) is 23.8 Å². The highest BCUT2D eigenvalue weighted by molar-refractivity contribution is 6.34. The number of carbonyl (C=O) groups excluding carboxylic acids is 4. The van der Waals surface area contributed by atoms with E-state index >= 15 is 0 Å². The summed E-state index contributed by atoms with van der Waals surface area (Å²) in [7, 11) is 1.48. The number of anilines is 1. The fourth-order valence-electron chi connectivity index (χ4n) is 4.38. The zero-order chi connectivity index (χ0) is 19.3. The SMILES string of the molecule is CNC(=O)c1cc(NC(=O)CN2C(=O)C3C4C=CC(C4)C3C2=O)ccc1Cl. The van der Waals surface area contributed by atoms with Crippen LogP contribution in [0.1, 0.15) is 16.8 Å². The average Bonchev–Trinajstić information content (AvgIpc) is 3.32. The molecule has 4 atom stereocenters. The fourth-order valence-corrected chi connectivity index (χ4v) is 4.58. The van der Waals surface area contributed by atoms with Crippen molar-refractivity contribution in [3.8, 4) is 0 Å². The Kier molecular flexibility index (Phi) is 4.26. The molecule has 140 valence electrons. The summed E-state index contributed by atoms with van der Waals surface area (Å²) in [5, 5.41) is 5.35. The van der Waals surface area contributed by atoms with Crippen molar-refractivity contribution < 1.29 is 19.2 Å². The minimum Gasteiger partial charge on any atom is -0.355 e. The minimum absolute atomic E-state index is 0.107. The van der Waals surface area contributed by atoms with Crippen molar-refractivity contribution in [2.24, 2.45) is 23.7 Å². The third kappa shape index (κ3) is 2.82. The Labute approximate surface area is 160 Å². The second-order valence-electron chi connectivity index (χ2n) is 7.08. The van der Waals surface area contributed by atoms with Gasteiger partial charge in [0, 0.05) is 12.7 Å². The van der Waals surface area contributed by atoms with E-state index in [1.54, 1.807) is 6.07 Å². The number of hydrogen-bond acceptors (Lipinski definition) is 4. The average molecular weight is 388 g/mol. The zero-order valence-corrected chi connectivity index (χ0v) is 15.3. The number of nitrogens with zero attached hydrogens (tertiary/aromatic N) is 1. The predicted octanol–water partition coefficient (Wildman–Crippen LogP) is 1.45. The summed E-state index contributed by atoms with van der Waals surface area (Å²) in [6.45, 7) is -0.331. The highest BCUT2D eigenvalue weighted by atomic mass is 35.5. The molecule has 3 aliphatic rings. The first-order chi connectivity index (χ1) is 12.9. The van der Waals surface area contributed by atoms with Crippen molar-refractivity contribution in [1.82, 2.24) is 10.2 Å². The summed E-state index contributed by atoms with van der Waals surface area (Å²) >= 11 is 5.99. The van der Waals surface area contributed by atoms with E-state index < -0.39 is 5.91 Å². The molecular weight excluding hydrogens is 370 g/mol. The number of benzene rings is 1. The molecule has 1 aromatic rings. The minimum atomic E-state index is -0.498. The van der Waals surface area contributed by atoms with Crippen LogP contribution in [0.3, 0.4) is 0 Å². The van der Waals surface area contributed by atoms with Gasteiger partial charge in [-0.15, -0.1) is 0 Å². The third-order valence-corrected chi connectivity index (χ3v) is 5.91. The highest BCUT2D eigenvalue weighted by Gasteiger charge is 2.59. The predicted molar refractivity (Wildman–Crippen MR) is 97.9 cm³/mol. The Bertz CT molecular complexity index is 867. The molecule has 2 fully saturated rings. The van der Waals surface area contributed by atoms with Gasteiger partial charge in [0.2, 0.25) is 17.7 Å². The molecule has 1 aliphatic heterocycles. The van der Waals surface area contributed by atoms with Crippen LogP contribution in [0.5, 0.6) is 0 Å². The zero-order valence-electron chi connectivity index (χ0n) is 14.6. The lowest BCUT2D eigenvalue weighted by Crippen LogP contribution is -2.39. The summed E-state index contributed by atoms with van der Waals surface area (Å²) < 4.78 is 0. The molecule has 1 aromatic carbocycles. The number of nitrogens with one attached hydrogen (secondary N) is 2. The first-order valence-electron chi connectivity index (χ1n) is 8.75. The molecule has 2 bridgehead atoms. The Morgan fingerprint density at radius 2 is 1.78 bits per heavy atom. The van der Waals surface area contributed by atoms with Crippen LogP contribution >= 0.6 is 11.6 Å². The normalized spacial score (nSPS) is 27.9. The summed E-state index contributed by atoms with van der Waals surface area (Å²) in [5.41, 5.74) is 0.589. The fraction of sp³-hybridized carbons (Fsp3) is 0.368. The number of halogens is 1. The molecule has 0 aromatic heterocycles. The number of amides is 4. The molecule has 0 spiro atoms. The van der Waals surface area contributed by atoms with Crippen molar-refractivity contribution in [3.05, 3.63) is 40.9 Å². The molecule has 2 N–H and O–H groups in total. The highest BCUT2D eigenvalue weighted by Crippen LogP contribution is 2.52. The number of hydrogen-bond donors (Lipinski definition) is 2. The van der Waals surface area contributed by atoms with Crippen molar-refractivity contribution in [2.75, 3.05) is 18.9 Å². The Hall–Kier alpha value is -2.67. The quantitative estimate of drug-likeness (QED) is 0.603. The van der Waals surface area contributed by atoms with E-state index in [0.29, 0.717) is 5.69 Å². The first kappa shape index (κ1) is 17.7. The molecule has 0 radical (unpaired) electrons. The summed E-state index contributed by atoms with van der Waals surface area (Å²) in [4.78, 5) is 50.5. The van der Waals surface area contributed by atoms with Crippen LogP contribution in [0.15, 0.2) is 30.4 Å². The van der Waals surface area contributed by atoms with Crippen LogP contribution in [-0.2, 0) is 14.4 Å². The number of allylic oxidation sites excluding steroid dienone is 2. The van der Waals surface area contributed by atoms with E-state index in [0.717, 1.165) is 11.3 Å². The van der Waals surface area contributed by atoms with E-state index in [4.69, 9.17) is 11.6 Å². The van der Waals surface area contributed by atoms with Gasteiger partial charge in [-0.3, -0.25) is 24.1 Å². The van der Waals surface area contributed by atoms with Gasteiger partial charge in [-0.2, -0.15) is 0 Å². The van der Waals surface area contributed by atoms with Crippen LogP contribution in [0.4, 0.5) is 5.69 Å². The molecule has 1 saturated heterocycles. The molecule has 2 aliphatic carbocycles. The van der Waals surface area contributed by atoms with Gasteiger partial charge >= 0.3 is 0 Å². The standard InChI is InChI=1S/C19H18ClN3O4/c1-21-17(25)12-7-11(4-5-13(12)20)22-14(24)8-23-18(26)15-9-2-3-10(6-9)16(15)19(23)27/h2-5,7,9-10,15-16H,6,8H2,1H3,(H,21,25)(H,22,24). The summed E-state index contributed by atoms with van der Waals surface area (Å²) in [5.74, 6) is -1.84. The van der Waals surface area contributed by atoms with Crippen molar-refractivity contribution in [2.45, 2.75) is 6.42 Å². The molecule has 1 heterocycles. The van der Waals surface area contributed by atoms with Crippen LogP contribution in [0.25, 0.3) is 0 Å². The molecule has 1 saturated carbocycles. The first-order valence-corrected chi connectivity index (χ1v) is 9.13. The lowest BCUT2D eigenvalue weighted by atomic mass is 9.85. The van der Waals surface area contributed by atoms with Gasteiger partial charge in [0.05, 0.1) is 22.4 Å². The Morgan fingerprint density at radius 1 is 1.15 bits per heavy atom. The number of fused-ring (bicyclic) bond motifs is 5. The third-order valence-electron chi connectivity index (χ3n) is 5.59. The second kappa shape index (κ2) is 6.49. The molecule has 4 rings (SSSR count). The van der Waals surface area contributed by atoms with E-state index in [9.17, 15) is 19.2 Å². The van der Waals surface area contributed by atoms with Crippen LogP contribution in [-0.4, -0.2) is 42.1 Å². The number of likely N-dealkylation sites (tertiary alicyclic amines) is 1. The largest absolute Gasteiger partial charge is 0.355 e. The Morgan fingerprint density at radius 3 is 2.37 bits per heavy atom. The molecular formula is C19H18ClN3O4. The lowest BCUT2D eigenvalue weighted by Gasteiger charge is -2.17. The van der Waals surface area contributed by atoms with Gasteiger partial charge in [0.1, 0.15) is 6.54 Å². The topological polar surface area (TPSA) is 95.6 Å². The second-order valence-corrected chi connectivity index (χ2v) is 7.49.